The highest BCUT2D eigenvalue weighted by atomic mass is 16.5. The Balaban J connectivity index is 1.82. The van der Waals surface area contributed by atoms with Gasteiger partial charge in [-0.25, -0.2) is 0 Å². The topological polar surface area (TPSA) is 56.3 Å². The van der Waals surface area contributed by atoms with E-state index in [-0.39, 0.29) is 11.8 Å². The molecular weight excluding hydrogens is 272 g/mol. The number of amides is 2. The number of ether oxygens (including phenoxy) is 1. The number of hydrogen-bond acceptors (Lipinski definition) is 5. The lowest BCUT2D eigenvalue weighted by Gasteiger charge is -2.36. The van der Waals surface area contributed by atoms with E-state index in [9.17, 15) is 9.59 Å². The average Bonchev–Trinajstić information content (AvgIpc) is 2.47. The van der Waals surface area contributed by atoms with Gasteiger partial charge in [-0.1, -0.05) is 0 Å². The minimum Gasteiger partial charge on any atom is -0.366 e. The van der Waals surface area contributed by atoms with Gasteiger partial charge in [0, 0.05) is 53.4 Å². The van der Waals surface area contributed by atoms with Gasteiger partial charge >= 0.3 is 0 Å². The Labute approximate surface area is 126 Å². The molecule has 2 rings (SSSR count). The van der Waals surface area contributed by atoms with Crippen LogP contribution in [0.4, 0.5) is 0 Å². The molecule has 2 aliphatic heterocycles. The molecule has 2 amide bonds. The maximum atomic E-state index is 12.3. The zero-order valence-corrected chi connectivity index (χ0v) is 13.2. The van der Waals surface area contributed by atoms with Gasteiger partial charge in [0.15, 0.2) is 0 Å². The number of carbonyl (C=O) groups excluding carboxylic acids is 2. The summed E-state index contributed by atoms with van der Waals surface area (Å²) in [6, 6.07) is 0. The minimum atomic E-state index is -0.450. The molecule has 0 radical (unpaired) electrons. The van der Waals surface area contributed by atoms with Crippen LogP contribution in [0.1, 0.15) is 0 Å². The number of likely N-dealkylation sites (N-methyl/N-ethyl adjacent to an activating group) is 2. The first-order valence-corrected chi connectivity index (χ1v) is 7.49. The average molecular weight is 298 g/mol. The summed E-state index contributed by atoms with van der Waals surface area (Å²) in [5.74, 6) is 0.118. The largest absolute Gasteiger partial charge is 0.366 e. The van der Waals surface area contributed by atoms with Gasteiger partial charge < -0.3 is 19.4 Å². The van der Waals surface area contributed by atoms with E-state index < -0.39 is 6.10 Å². The highest BCUT2D eigenvalue weighted by Crippen LogP contribution is 2.08. The number of carbonyl (C=O) groups is 2. The molecule has 0 aromatic carbocycles. The van der Waals surface area contributed by atoms with Crippen LogP contribution in [0.5, 0.6) is 0 Å². The maximum Gasteiger partial charge on any atom is 0.252 e. The number of hydrogen-bond donors (Lipinski definition) is 0. The molecule has 0 unspecified atom stereocenters. The smallest absolute Gasteiger partial charge is 0.252 e. The highest BCUT2D eigenvalue weighted by Gasteiger charge is 2.30. The van der Waals surface area contributed by atoms with Crippen molar-refractivity contribution in [2.45, 2.75) is 6.10 Å². The lowest BCUT2D eigenvalue weighted by molar-refractivity contribution is -0.149. The van der Waals surface area contributed by atoms with Gasteiger partial charge in [-0.05, 0) is 7.05 Å². The third-order valence-corrected chi connectivity index (χ3v) is 4.08. The molecule has 120 valence electrons. The van der Waals surface area contributed by atoms with Crippen molar-refractivity contribution in [3.63, 3.8) is 0 Å². The van der Waals surface area contributed by atoms with Crippen LogP contribution in [0.15, 0.2) is 0 Å². The lowest BCUT2D eigenvalue weighted by atomic mass is 10.2. The van der Waals surface area contributed by atoms with Crippen molar-refractivity contribution in [1.82, 2.24) is 19.6 Å². The molecule has 0 aromatic heterocycles. The quantitative estimate of drug-likeness (QED) is 0.638. The first-order valence-electron chi connectivity index (χ1n) is 7.49. The van der Waals surface area contributed by atoms with Crippen LogP contribution in [-0.4, -0.2) is 111 Å². The van der Waals surface area contributed by atoms with Crippen LogP contribution in [-0.2, 0) is 14.3 Å². The van der Waals surface area contributed by atoms with Crippen LogP contribution >= 0.6 is 0 Å². The molecule has 2 heterocycles. The fraction of sp³-hybridized carbons (Fsp3) is 0.857. The summed E-state index contributed by atoms with van der Waals surface area (Å²) >= 11 is 0. The summed E-state index contributed by atoms with van der Waals surface area (Å²) in [5, 5.41) is 0. The second-order valence-corrected chi connectivity index (χ2v) is 6.01. The minimum absolute atomic E-state index is 0.0354. The molecular formula is C14H26N4O3. The zero-order valence-electron chi connectivity index (χ0n) is 13.2. The van der Waals surface area contributed by atoms with E-state index in [0.717, 1.165) is 26.2 Å². The van der Waals surface area contributed by atoms with Gasteiger partial charge in [0.1, 0.15) is 6.10 Å². The Morgan fingerprint density at radius 2 is 1.81 bits per heavy atom. The highest BCUT2D eigenvalue weighted by molar-refractivity contribution is 5.81. The fourth-order valence-electron chi connectivity index (χ4n) is 2.63. The zero-order chi connectivity index (χ0) is 15.4. The Bertz CT molecular complexity index is 380. The Kier molecular flexibility index (Phi) is 5.55. The summed E-state index contributed by atoms with van der Waals surface area (Å²) < 4.78 is 5.51. The van der Waals surface area contributed by atoms with Crippen molar-refractivity contribution in [2.24, 2.45) is 0 Å². The second-order valence-electron chi connectivity index (χ2n) is 6.01. The number of piperazine rings is 1. The van der Waals surface area contributed by atoms with Crippen molar-refractivity contribution in [2.75, 3.05) is 73.6 Å². The Hall–Kier alpha value is -1.18. The van der Waals surface area contributed by atoms with E-state index in [2.05, 4.69) is 11.9 Å². The molecule has 0 aromatic rings. The van der Waals surface area contributed by atoms with Crippen molar-refractivity contribution in [3.8, 4) is 0 Å². The molecule has 0 N–H and O–H groups in total. The van der Waals surface area contributed by atoms with Crippen LogP contribution in [0, 0.1) is 0 Å². The molecule has 7 nitrogen and oxygen atoms in total. The number of rotatable bonds is 3. The van der Waals surface area contributed by atoms with Gasteiger partial charge in [0.25, 0.3) is 5.91 Å². The molecule has 7 heteroatoms. The van der Waals surface area contributed by atoms with E-state index in [0.29, 0.717) is 26.2 Å². The molecule has 0 bridgehead atoms. The summed E-state index contributed by atoms with van der Waals surface area (Å²) in [6.45, 7) is 5.52. The molecule has 2 fully saturated rings. The van der Waals surface area contributed by atoms with E-state index >= 15 is 0 Å². The summed E-state index contributed by atoms with van der Waals surface area (Å²) in [6.07, 6.45) is -0.450. The SMILES string of the molecule is CN1CCN(C(=O)CN2CCO[C@@H](C(=O)N(C)C)C2)CC1. The van der Waals surface area contributed by atoms with Crippen LogP contribution in [0.25, 0.3) is 0 Å². The van der Waals surface area contributed by atoms with E-state index in [1.165, 1.54) is 4.90 Å². The standard InChI is InChI=1S/C14H26N4O3/c1-15(2)14(20)12-10-17(8-9-21-12)11-13(19)18-6-4-16(3)5-7-18/h12H,4-11H2,1-3H3/t12-/m1/s1. The second kappa shape index (κ2) is 7.20. The predicted molar refractivity (Wildman–Crippen MR) is 79.0 cm³/mol. The van der Waals surface area contributed by atoms with Gasteiger partial charge in [-0.2, -0.15) is 0 Å². The third kappa shape index (κ3) is 4.39. The Morgan fingerprint density at radius 3 is 2.43 bits per heavy atom. The van der Waals surface area contributed by atoms with Gasteiger partial charge in [-0.3, -0.25) is 14.5 Å². The fourth-order valence-corrected chi connectivity index (χ4v) is 2.63. The lowest BCUT2D eigenvalue weighted by Crippen LogP contribution is -2.54. The van der Waals surface area contributed by atoms with Crippen molar-refractivity contribution in [3.05, 3.63) is 0 Å². The number of nitrogens with zero attached hydrogens (tertiary/aromatic N) is 4. The van der Waals surface area contributed by atoms with Crippen LogP contribution in [0.2, 0.25) is 0 Å². The van der Waals surface area contributed by atoms with Crippen molar-refractivity contribution < 1.29 is 14.3 Å². The Morgan fingerprint density at radius 1 is 1.14 bits per heavy atom. The summed E-state index contributed by atoms with van der Waals surface area (Å²) in [5.41, 5.74) is 0. The number of morpholine rings is 1. The molecule has 21 heavy (non-hydrogen) atoms. The van der Waals surface area contributed by atoms with Gasteiger partial charge in [0.2, 0.25) is 5.91 Å². The molecule has 0 aliphatic carbocycles. The van der Waals surface area contributed by atoms with Crippen molar-refractivity contribution in [1.29, 1.82) is 0 Å². The first-order chi connectivity index (χ1) is 9.97. The van der Waals surface area contributed by atoms with Gasteiger partial charge in [0.05, 0.1) is 13.2 Å². The van der Waals surface area contributed by atoms with Gasteiger partial charge in [-0.15, -0.1) is 0 Å². The van der Waals surface area contributed by atoms with Crippen molar-refractivity contribution >= 4 is 11.8 Å². The first kappa shape index (κ1) is 16.2. The molecule has 2 saturated heterocycles. The van der Waals surface area contributed by atoms with Crippen LogP contribution in [0.3, 0.4) is 0 Å². The molecule has 2 aliphatic rings. The normalized spacial score (nSPS) is 24.9. The summed E-state index contributed by atoms with van der Waals surface area (Å²) in [7, 11) is 5.52. The van der Waals surface area contributed by atoms with E-state index in [1.54, 1.807) is 14.1 Å². The van der Waals surface area contributed by atoms with E-state index in [1.807, 2.05) is 9.80 Å². The van der Waals surface area contributed by atoms with Crippen LogP contribution < -0.4 is 0 Å². The third-order valence-electron chi connectivity index (χ3n) is 4.08. The predicted octanol–water partition coefficient (Wildman–Crippen LogP) is -1.45. The maximum absolute atomic E-state index is 12.3. The molecule has 0 spiro atoms. The summed E-state index contributed by atoms with van der Waals surface area (Å²) in [4.78, 5) is 32.0. The molecule has 1 atom stereocenters. The monoisotopic (exact) mass is 298 g/mol. The van der Waals surface area contributed by atoms with E-state index in [4.69, 9.17) is 4.74 Å². The molecule has 0 saturated carbocycles.